The van der Waals surface area contributed by atoms with Gasteiger partial charge in [-0.3, -0.25) is 14.3 Å². The number of rotatable bonds is 3. The molecule has 0 atom stereocenters. The lowest BCUT2D eigenvalue weighted by atomic mass is 10.1. The molecule has 16 heavy (non-hydrogen) atoms. The molecule has 0 spiro atoms. The fourth-order valence-corrected chi connectivity index (χ4v) is 1.80. The summed E-state index contributed by atoms with van der Waals surface area (Å²) in [5.41, 5.74) is 0.686. The molecule has 1 saturated heterocycles. The van der Waals surface area contributed by atoms with E-state index in [1.165, 1.54) is 10.9 Å². The number of amides is 1. The molecule has 6 nitrogen and oxygen atoms in total. The molecule has 86 valence electrons. The number of carboxylic acids is 1. The number of aromatic nitrogens is 2. The highest BCUT2D eigenvalue weighted by Crippen LogP contribution is 2.19. The summed E-state index contributed by atoms with van der Waals surface area (Å²) >= 11 is 0. The van der Waals surface area contributed by atoms with Gasteiger partial charge in [0.1, 0.15) is 6.54 Å². The summed E-state index contributed by atoms with van der Waals surface area (Å²) in [6.45, 7) is 0.514. The summed E-state index contributed by atoms with van der Waals surface area (Å²) in [7, 11) is 0. The Kier molecular flexibility index (Phi) is 2.89. The lowest BCUT2D eigenvalue weighted by molar-refractivity contribution is -0.137. The largest absolute Gasteiger partial charge is 0.480 e. The minimum Gasteiger partial charge on any atom is -0.480 e. The Balaban J connectivity index is 2.11. The Labute approximate surface area is 92.5 Å². The standard InChI is InChI=1S/C10H13N3O3/c14-9-3-1-2-4-13(9)8-5-11-12(6-8)7-10(15)16/h5-6H,1-4,7H2,(H,15,16). The topological polar surface area (TPSA) is 75.4 Å². The van der Waals surface area contributed by atoms with Crippen molar-refractivity contribution in [1.29, 1.82) is 0 Å². The first-order chi connectivity index (χ1) is 7.66. The van der Waals surface area contributed by atoms with Crippen LogP contribution in [0, 0.1) is 0 Å². The van der Waals surface area contributed by atoms with Crippen molar-refractivity contribution in [1.82, 2.24) is 9.78 Å². The van der Waals surface area contributed by atoms with Gasteiger partial charge in [0.15, 0.2) is 0 Å². The lowest BCUT2D eigenvalue weighted by Crippen LogP contribution is -2.34. The first-order valence-electron chi connectivity index (χ1n) is 5.21. The van der Waals surface area contributed by atoms with E-state index in [4.69, 9.17) is 5.11 Å². The Morgan fingerprint density at radius 3 is 3.00 bits per heavy atom. The number of aliphatic carboxylic acids is 1. The summed E-state index contributed by atoms with van der Waals surface area (Å²) in [6.07, 6.45) is 5.60. The Bertz CT molecular complexity index is 413. The van der Waals surface area contributed by atoms with Gasteiger partial charge >= 0.3 is 5.97 Å². The molecule has 0 saturated carbocycles. The zero-order valence-electron chi connectivity index (χ0n) is 8.80. The van der Waals surface area contributed by atoms with E-state index >= 15 is 0 Å². The van der Waals surface area contributed by atoms with E-state index in [2.05, 4.69) is 5.10 Å². The van der Waals surface area contributed by atoms with Crippen LogP contribution >= 0.6 is 0 Å². The molecule has 0 aliphatic carbocycles. The molecule has 2 rings (SSSR count). The monoisotopic (exact) mass is 223 g/mol. The molecular weight excluding hydrogens is 210 g/mol. The third-order valence-corrected chi connectivity index (χ3v) is 2.55. The minimum absolute atomic E-state index is 0.0844. The second-order valence-electron chi connectivity index (χ2n) is 3.79. The van der Waals surface area contributed by atoms with Crippen LogP contribution in [0.25, 0.3) is 0 Å². The maximum Gasteiger partial charge on any atom is 0.325 e. The first-order valence-corrected chi connectivity index (χ1v) is 5.21. The highest BCUT2D eigenvalue weighted by atomic mass is 16.4. The van der Waals surface area contributed by atoms with Crippen LogP contribution in [0.1, 0.15) is 19.3 Å². The summed E-state index contributed by atoms with van der Waals surface area (Å²) < 4.78 is 1.32. The summed E-state index contributed by atoms with van der Waals surface area (Å²) in [4.78, 5) is 23.7. The smallest absolute Gasteiger partial charge is 0.325 e. The number of carboxylic acid groups (broad SMARTS) is 1. The van der Waals surface area contributed by atoms with Crippen LogP contribution in [-0.4, -0.2) is 33.3 Å². The number of anilines is 1. The predicted molar refractivity (Wildman–Crippen MR) is 56.1 cm³/mol. The summed E-state index contributed by atoms with van der Waals surface area (Å²) in [5, 5.41) is 12.5. The number of hydrogen-bond acceptors (Lipinski definition) is 3. The summed E-state index contributed by atoms with van der Waals surface area (Å²) in [5.74, 6) is -0.860. The number of piperidine rings is 1. The van der Waals surface area contributed by atoms with Crippen molar-refractivity contribution in [2.45, 2.75) is 25.8 Å². The third-order valence-electron chi connectivity index (χ3n) is 2.55. The van der Waals surface area contributed by atoms with Gasteiger partial charge in [-0.25, -0.2) is 0 Å². The van der Waals surface area contributed by atoms with E-state index in [1.807, 2.05) is 0 Å². The van der Waals surface area contributed by atoms with Crippen LogP contribution in [0.15, 0.2) is 12.4 Å². The molecule has 1 fully saturated rings. The van der Waals surface area contributed by atoms with Crippen molar-refractivity contribution in [3.63, 3.8) is 0 Å². The van der Waals surface area contributed by atoms with Crippen LogP contribution in [-0.2, 0) is 16.1 Å². The fraction of sp³-hybridized carbons (Fsp3) is 0.500. The van der Waals surface area contributed by atoms with Crippen LogP contribution in [0.2, 0.25) is 0 Å². The van der Waals surface area contributed by atoms with E-state index in [-0.39, 0.29) is 12.5 Å². The minimum atomic E-state index is -0.945. The third kappa shape index (κ3) is 2.21. The maximum absolute atomic E-state index is 11.6. The van der Waals surface area contributed by atoms with Gasteiger partial charge in [-0.1, -0.05) is 0 Å². The van der Waals surface area contributed by atoms with Crippen molar-refractivity contribution >= 4 is 17.6 Å². The van der Waals surface area contributed by atoms with Gasteiger partial charge in [-0.2, -0.15) is 5.10 Å². The molecule has 0 aromatic carbocycles. The highest BCUT2D eigenvalue weighted by Gasteiger charge is 2.20. The Morgan fingerprint density at radius 2 is 2.31 bits per heavy atom. The van der Waals surface area contributed by atoms with Crippen molar-refractivity contribution in [3.05, 3.63) is 12.4 Å². The highest BCUT2D eigenvalue weighted by molar-refractivity contribution is 5.93. The van der Waals surface area contributed by atoms with Crippen molar-refractivity contribution in [2.24, 2.45) is 0 Å². The number of nitrogens with zero attached hydrogens (tertiary/aromatic N) is 3. The molecule has 0 unspecified atom stereocenters. The SMILES string of the molecule is O=C(O)Cn1cc(N2CCCCC2=O)cn1. The molecule has 2 heterocycles. The van der Waals surface area contributed by atoms with Crippen molar-refractivity contribution < 1.29 is 14.7 Å². The molecule has 6 heteroatoms. The molecule has 1 aromatic rings. The molecule has 1 aliphatic heterocycles. The quantitative estimate of drug-likeness (QED) is 0.808. The molecule has 0 radical (unpaired) electrons. The molecule has 1 aromatic heterocycles. The number of carbonyl (C=O) groups excluding carboxylic acids is 1. The van der Waals surface area contributed by atoms with Gasteiger partial charge in [0.25, 0.3) is 0 Å². The first kappa shape index (κ1) is 10.7. The van der Waals surface area contributed by atoms with Crippen LogP contribution in [0.3, 0.4) is 0 Å². The number of carbonyl (C=O) groups is 2. The van der Waals surface area contributed by atoms with E-state index in [9.17, 15) is 9.59 Å². The average molecular weight is 223 g/mol. The molecule has 1 aliphatic rings. The van der Waals surface area contributed by atoms with Crippen LogP contribution in [0.4, 0.5) is 5.69 Å². The summed E-state index contributed by atoms with van der Waals surface area (Å²) in [6, 6.07) is 0. The van der Waals surface area contributed by atoms with Crippen LogP contribution in [0.5, 0.6) is 0 Å². The van der Waals surface area contributed by atoms with E-state index < -0.39 is 5.97 Å². The predicted octanol–water partition coefficient (Wildman–Crippen LogP) is 0.485. The number of hydrogen-bond donors (Lipinski definition) is 1. The molecule has 1 N–H and O–H groups in total. The van der Waals surface area contributed by atoms with Gasteiger partial charge in [0.05, 0.1) is 11.9 Å². The average Bonchev–Trinajstić information content (AvgIpc) is 2.66. The van der Waals surface area contributed by atoms with Crippen molar-refractivity contribution in [3.8, 4) is 0 Å². The zero-order chi connectivity index (χ0) is 11.5. The zero-order valence-corrected chi connectivity index (χ0v) is 8.80. The molecular formula is C10H13N3O3. The maximum atomic E-state index is 11.6. The Hall–Kier alpha value is -1.85. The Morgan fingerprint density at radius 1 is 1.50 bits per heavy atom. The second-order valence-corrected chi connectivity index (χ2v) is 3.79. The molecule has 1 amide bonds. The van der Waals surface area contributed by atoms with Crippen LogP contribution < -0.4 is 4.90 Å². The second kappa shape index (κ2) is 4.34. The van der Waals surface area contributed by atoms with Gasteiger partial charge < -0.3 is 10.0 Å². The van der Waals surface area contributed by atoms with E-state index in [0.29, 0.717) is 18.7 Å². The fourth-order valence-electron chi connectivity index (χ4n) is 1.80. The van der Waals surface area contributed by atoms with Gasteiger partial charge in [0.2, 0.25) is 5.91 Å². The van der Waals surface area contributed by atoms with E-state index in [1.54, 1.807) is 11.1 Å². The van der Waals surface area contributed by atoms with E-state index in [0.717, 1.165) is 12.8 Å². The normalized spacial score (nSPS) is 16.5. The van der Waals surface area contributed by atoms with Gasteiger partial charge in [-0.15, -0.1) is 0 Å². The lowest BCUT2D eigenvalue weighted by Gasteiger charge is -2.24. The molecule has 0 bridgehead atoms. The van der Waals surface area contributed by atoms with Crippen molar-refractivity contribution in [2.75, 3.05) is 11.4 Å². The van der Waals surface area contributed by atoms with Gasteiger partial charge in [-0.05, 0) is 12.8 Å². The van der Waals surface area contributed by atoms with Gasteiger partial charge in [0, 0.05) is 19.2 Å².